The van der Waals surface area contributed by atoms with E-state index in [9.17, 15) is 4.79 Å². The Kier molecular flexibility index (Phi) is 10.5. The zero-order chi connectivity index (χ0) is 33.1. The smallest absolute Gasteiger partial charge is 0.335 e. The average Bonchev–Trinajstić information content (AvgIpc) is 3.14. The van der Waals surface area contributed by atoms with Gasteiger partial charge in [0.05, 0.1) is 7.11 Å². The van der Waals surface area contributed by atoms with Crippen molar-refractivity contribution in [1.29, 1.82) is 0 Å². The molecule has 0 aliphatic carbocycles. The summed E-state index contributed by atoms with van der Waals surface area (Å²) < 4.78 is 44.6. The van der Waals surface area contributed by atoms with Gasteiger partial charge < -0.3 is 33.2 Å². The third kappa shape index (κ3) is 7.97. The fraction of sp³-hybridized carbons (Fsp3) is 0.175. The van der Waals surface area contributed by atoms with Gasteiger partial charge in [-0.25, -0.2) is 4.79 Å². The molecule has 0 radical (unpaired) electrons. The summed E-state index contributed by atoms with van der Waals surface area (Å²) in [6, 6.07) is 43.3. The Labute approximate surface area is 280 Å². The first kappa shape index (κ1) is 32.2. The maximum atomic E-state index is 12.0. The van der Waals surface area contributed by atoms with Crippen molar-refractivity contribution in [1.82, 2.24) is 0 Å². The van der Waals surface area contributed by atoms with Gasteiger partial charge >= 0.3 is 5.97 Å². The van der Waals surface area contributed by atoms with Crippen LogP contribution in [-0.4, -0.2) is 44.1 Å². The minimum Gasteiger partial charge on any atom is -0.493 e. The maximum Gasteiger partial charge on any atom is 0.335 e. The highest BCUT2D eigenvalue weighted by molar-refractivity contribution is 5.83. The van der Waals surface area contributed by atoms with Crippen molar-refractivity contribution in [3.8, 4) is 34.5 Å². The minimum absolute atomic E-state index is 0.150. The van der Waals surface area contributed by atoms with Crippen molar-refractivity contribution in [2.45, 2.75) is 30.5 Å². The van der Waals surface area contributed by atoms with Gasteiger partial charge in [0.2, 0.25) is 0 Å². The predicted molar refractivity (Wildman–Crippen MR) is 181 cm³/mol. The Morgan fingerprint density at radius 1 is 0.646 bits per heavy atom. The van der Waals surface area contributed by atoms with Crippen molar-refractivity contribution in [3.63, 3.8) is 0 Å². The summed E-state index contributed by atoms with van der Waals surface area (Å²) in [6.45, 7) is 3.64. The second kappa shape index (κ2) is 15.7. The van der Waals surface area contributed by atoms with Crippen LogP contribution in [0.3, 0.4) is 0 Å². The molecule has 8 nitrogen and oxygen atoms in total. The number of carbonyl (C=O) groups excluding carboxylic acids is 1. The van der Waals surface area contributed by atoms with E-state index < -0.39 is 36.5 Å². The maximum absolute atomic E-state index is 12.0. The fourth-order valence-electron chi connectivity index (χ4n) is 5.48. The van der Waals surface area contributed by atoms with Crippen LogP contribution < -0.4 is 28.4 Å². The van der Waals surface area contributed by atoms with Crippen molar-refractivity contribution in [2.75, 3.05) is 13.7 Å². The Balaban J connectivity index is 1.46. The van der Waals surface area contributed by atoms with Crippen LogP contribution in [0, 0.1) is 0 Å². The summed E-state index contributed by atoms with van der Waals surface area (Å²) in [5.41, 5.74) is 0.704. The molecular formula is C40H36O8. The summed E-state index contributed by atoms with van der Waals surface area (Å²) in [7, 11) is 1.51. The van der Waals surface area contributed by atoms with E-state index >= 15 is 0 Å². The highest BCUT2D eigenvalue weighted by atomic mass is 16.6. The number of methoxy groups -OCH3 is 1. The minimum atomic E-state index is -0.736. The highest BCUT2D eigenvalue weighted by Gasteiger charge is 2.51. The molecule has 1 heterocycles. The van der Waals surface area contributed by atoms with E-state index in [4.69, 9.17) is 33.2 Å². The van der Waals surface area contributed by atoms with Crippen LogP contribution >= 0.6 is 0 Å². The van der Waals surface area contributed by atoms with Gasteiger partial charge in [-0.15, -0.1) is 0 Å². The number of esters is 1. The zero-order valence-electron chi connectivity index (χ0n) is 26.4. The first-order valence-corrected chi connectivity index (χ1v) is 15.6. The average molecular weight is 645 g/mol. The second-order valence-corrected chi connectivity index (χ2v) is 10.9. The molecule has 0 amide bonds. The standard InChI is InChI=1S/C40H36O8/c1-3-36(41)47-33-25-24-28(26-34(33)42-2)37-39(45-31-20-12-6-13-21-31)40(46-32-22-14-7-15-23-32)38(44-30-18-10-5-11-19-30)35(48-37)27-43-29-16-8-4-9-17-29/h3-26,35,37-40H,1,27H2,2H3/t35-,37-,38-,39-,40+/m1/s1. The molecule has 0 aromatic heterocycles. The summed E-state index contributed by atoms with van der Waals surface area (Å²) in [5, 5.41) is 0. The molecule has 48 heavy (non-hydrogen) atoms. The lowest BCUT2D eigenvalue weighted by Crippen LogP contribution is -2.62. The number of benzene rings is 5. The van der Waals surface area contributed by atoms with Gasteiger partial charge in [-0.05, 0) is 66.2 Å². The van der Waals surface area contributed by atoms with E-state index in [-0.39, 0.29) is 12.4 Å². The SMILES string of the molecule is C=CC(=O)Oc1ccc([C@H]2O[C@H](COc3ccccc3)[C@@H](Oc3ccccc3)[C@H](Oc3ccccc3)[C@@H]2Oc2ccccc2)cc1OC. The molecule has 0 bridgehead atoms. The van der Waals surface area contributed by atoms with E-state index in [0.717, 1.165) is 6.08 Å². The quantitative estimate of drug-likeness (QED) is 0.0735. The second-order valence-electron chi connectivity index (χ2n) is 10.9. The third-order valence-corrected chi connectivity index (χ3v) is 7.73. The Morgan fingerprint density at radius 2 is 1.15 bits per heavy atom. The van der Waals surface area contributed by atoms with Crippen LogP contribution in [0.5, 0.6) is 34.5 Å². The van der Waals surface area contributed by atoms with Crippen LogP contribution in [0.4, 0.5) is 0 Å². The van der Waals surface area contributed by atoms with Crippen molar-refractivity contribution < 1.29 is 38.0 Å². The molecule has 1 aliphatic rings. The predicted octanol–water partition coefficient (Wildman–Crippen LogP) is 7.65. The fourth-order valence-corrected chi connectivity index (χ4v) is 5.48. The molecule has 5 aromatic rings. The topological polar surface area (TPSA) is 81.7 Å². The summed E-state index contributed by atoms with van der Waals surface area (Å²) in [6.07, 6.45) is -2.38. The summed E-state index contributed by atoms with van der Waals surface area (Å²) in [5.74, 6) is 2.57. The van der Waals surface area contributed by atoms with Gasteiger partial charge in [-0.1, -0.05) is 85.4 Å². The number of ether oxygens (including phenoxy) is 7. The molecule has 1 aliphatic heterocycles. The molecule has 244 valence electrons. The van der Waals surface area contributed by atoms with E-state index in [1.165, 1.54) is 7.11 Å². The van der Waals surface area contributed by atoms with Crippen LogP contribution in [-0.2, 0) is 9.53 Å². The largest absolute Gasteiger partial charge is 0.493 e. The van der Waals surface area contributed by atoms with Gasteiger partial charge in [-0.3, -0.25) is 0 Å². The molecule has 1 fully saturated rings. The van der Waals surface area contributed by atoms with E-state index in [2.05, 4.69) is 6.58 Å². The monoisotopic (exact) mass is 644 g/mol. The van der Waals surface area contributed by atoms with Crippen LogP contribution in [0.2, 0.25) is 0 Å². The lowest BCUT2D eigenvalue weighted by molar-refractivity contribution is -0.210. The molecule has 8 heteroatoms. The number of carbonyl (C=O) groups is 1. The van der Waals surface area contributed by atoms with Gasteiger partial charge in [0.1, 0.15) is 41.8 Å². The zero-order valence-corrected chi connectivity index (χ0v) is 26.4. The molecular weight excluding hydrogens is 608 g/mol. The van der Waals surface area contributed by atoms with Gasteiger partial charge in [-0.2, -0.15) is 0 Å². The Hall–Kier alpha value is -5.73. The summed E-state index contributed by atoms with van der Waals surface area (Å²) in [4.78, 5) is 12.0. The molecule has 6 rings (SSSR count). The van der Waals surface area contributed by atoms with E-state index in [1.54, 1.807) is 12.1 Å². The number of rotatable bonds is 13. The lowest BCUT2D eigenvalue weighted by Gasteiger charge is -2.46. The Bertz CT molecular complexity index is 1750. The van der Waals surface area contributed by atoms with Crippen LogP contribution in [0.25, 0.3) is 0 Å². The molecule has 0 spiro atoms. The first-order valence-electron chi connectivity index (χ1n) is 15.6. The summed E-state index contributed by atoms with van der Waals surface area (Å²) >= 11 is 0. The normalized spacial score (nSPS) is 20.1. The lowest BCUT2D eigenvalue weighted by atomic mass is 9.90. The van der Waals surface area contributed by atoms with E-state index in [1.807, 2.05) is 127 Å². The van der Waals surface area contributed by atoms with Crippen LogP contribution in [0.15, 0.2) is 152 Å². The van der Waals surface area contributed by atoms with Gasteiger partial charge in [0.25, 0.3) is 0 Å². The van der Waals surface area contributed by atoms with Gasteiger partial charge in [0.15, 0.2) is 29.8 Å². The molecule has 1 saturated heterocycles. The Morgan fingerprint density at radius 3 is 1.67 bits per heavy atom. The van der Waals surface area contributed by atoms with Gasteiger partial charge in [0, 0.05) is 6.08 Å². The van der Waals surface area contributed by atoms with Crippen molar-refractivity contribution in [3.05, 3.63) is 158 Å². The highest BCUT2D eigenvalue weighted by Crippen LogP contribution is 2.41. The van der Waals surface area contributed by atoms with Crippen molar-refractivity contribution in [2.24, 2.45) is 0 Å². The third-order valence-electron chi connectivity index (χ3n) is 7.73. The molecule has 5 atom stereocenters. The molecule has 0 saturated carbocycles. The van der Waals surface area contributed by atoms with Crippen molar-refractivity contribution >= 4 is 5.97 Å². The molecule has 0 unspecified atom stereocenters. The van der Waals surface area contributed by atoms with E-state index in [0.29, 0.717) is 34.3 Å². The van der Waals surface area contributed by atoms with Crippen LogP contribution in [0.1, 0.15) is 11.7 Å². The molecule has 5 aromatic carbocycles. The first-order chi connectivity index (χ1) is 23.6. The number of para-hydroxylation sites is 4. The molecule has 0 N–H and O–H groups in total. The number of hydrogen-bond acceptors (Lipinski definition) is 8. The number of hydrogen-bond donors (Lipinski definition) is 0.